The second-order valence-corrected chi connectivity index (χ2v) is 5.40. The number of nitro groups is 1. The summed E-state index contributed by atoms with van der Waals surface area (Å²) >= 11 is 3.25. The van der Waals surface area contributed by atoms with E-state index in [1.54, 1.807) is 13.0 Å². The van der Waals surface area contributed by atoms with Gasteiger partial charge >= 0.3 is 0 Å². The Balaban J connectivity index is 2.48. The van der Waals surface area contributed by atoms with Crippen molar-refractivity contribution in [3.8, 4) is 0 Å². The van der Waals surface area contributed by atoms with E-state index in [1.807, 2.05) is 24.3 Å². The van der Waals surface area contributed by atoms with Crippen LogP contribution in [0.5, 0.6) is 0 Å². The topological polar surface area (TPSA) is 60.2 Å². The van der Waals surface area contributed by atoms with Crippen LogP contribution < -0.4 is 0 Å². The zero-order chi connectivity index (χ0) is 13.3. The summed E-state index contributed by atoms with van der Waals surface area (Å²) in [6.45, 7) is 1.56. The lowest BCUT2D eigenvalue weighted by molar-refractivity contribution is -0.481. The van der Waals surface area contributed by atoms with Gasteiger partial charge in [-0.3, -0.25) is 14.9 Å². The number of Topliss-reactive ketones (excluding diaryl/α,β-unsaturated/α-hetero) is 1. The van der Waals surface area contributed by atoms with Crippen molar-refractivity contribution < 1.29 is 9.72 Å². The average molecular weight is 310 g/mol. The minimum Gasteiger partial charge on any atom is -0.293 e. The van der Waals surface area contributed by atoms with Gasteiger partial charge in [0.05, 0.1) is 9.90 Å². The maximum absolute atomic E-state index is 12.3. The lowest BCUT2D eigenvalue weighted by atomic mass is 9.71. The van der Waals surface area contributed by atoms with Crippen molar-refractivity contribution in [3.05, 3.63) is 50.0 Å². The number of nitrogens with zero attached hydrogens (tertiary/aromatic N) is 1. The molecule has 5 heteroatoms. The van der Waals surface area contributed by atoms with Gasteiger partial charge in [0.15, 0.2) is 5.78 Å². The molecular weight excluding hydrogens is 298 g/mol. The van der Waals surface area contributed by atoms with E-state index in [0.717, 1.165) is 11.1 Å². The second kappa shape index (κ2) is 4.65. The first kappa shape index (κ1) is 13.0. The molecule has 0 N–H and O–H groups in total. The summed E-state index contributed by atoms with van der Waals surface area (Å²) in [5.41, 5.74) is 0.979. The molecule has 1 aliphatic carbocycles. The quantitative estimate of drug-likeness (QED) is 0.637. The molecule has 0 heterocycles. The number of hydrogen-bond donors (Lipinski definition) is 0. The van der Waals surface area contributed by atoms with E-state index in [1.165, 1.54) is 0 Å². The van der Waals surface area contributed by atoms with E-state index < -0.39 is 5.41 Å². The predicted molar refractivity (Wildman–Crippen MR) is 72.2 cm³/mol. The molecule has 1 aliphatic rings. The van der Waals surface area contributed by atoms with E-state index in [4.69, 9.17) is 0 Å². The van der Waals surface area contributed by atoms with Crippen molar-refractivity contribution in [3.63, 3.8) is 0 Å². The van der Waals surface area contributed by atoms with Gasteiger partial charge in [-0.25, -0.2) is 0 Å². The van der Waals surface area contributed by atoms with E-state index in [-0.39, 0.29) is 23.7 Å². The van der Waals surface area contributed by atoms with Crippen molar-refractivity contribution in [2.24, 2.45) is 0 Å². The molecule has 2 rings (SSSR count). The number of rotatable bonds is 3. The Morgan fingerprint density at radius 3 is 2.72 bits per heavy atom. The van der Waals surface area contributed by atoms with E-state index in [0.29, 0.717) is 4.48 Å². The highest BCUT2D eigenvalue weighted by Crippen LogP contribution is 2.40. The second-order valence-electron chi connectivity index (χ2n) is 4.55. The maximum atomic E-state index is 12.3. The number of benzene rings is 1. The third-order valence-electron chi connectivity index (χ3n) is 3.35. The van der Waals surface area contributed by atoms with Crippen LogP contribution in [0.4, 0.5) is 0 Å². The Labute approximate surface area is 113 Å². The van der Waals surface area contributed by atoms with Crippen LogP contribution in [0, 0.1) is 10.1 Å². The van der Waals surface area contributed by atoms with Crippen LogP contribution in [0.25, 0.3) is 6.08 Å². The standard InChI is InChI=1S/C13H12BrNO3/c1-13(6-7-15(17)18)10-5-3-2-4-9(10)8-11(14)12(13)16/h2-5,8H,6-7H2,1H3/t13-/m1/s1. The first-order valence-electron chi connectivity index (χ1n) is 5.58. The Bertz CT molecular complexity index is 553. The van der Waals surface area contributed by atoms with E-state index in [9.17, 15) is 14.9 Å². The van der Waals surface area contributed by atoms with Crippen LogP contribution in [-0.2, 0) is 10.2 Å². The Kier molecular flexibility index (Phi) is 3.34. The summed E-state index contributed by atoms with van der Waals surface area (Å²) < 4.78 is 0.479. The van der Waals surface area contributed by atoms with Gasteiger partial charge in [-0.1, -0.05) is 24.3 Å². The highest BCUT2D eigenvalue weighted by molar-refractivity contribution is 9.12. The first-order chi connectivity index (χ1) is 8.45. The third-order valence-corrected chi connectivity index (χ3v) is 3.94. The van der Waals surface area contributed by atoms with Gasteiger partial charge in [0.2, 0.25) is 6.54 Å². The van der Waals surface area contributed by atoms with Crippen LogP contribution in [0.3, 0.4) is 0 Å². The van der Waals surface area contributed by atoms with Crippen molar-refractivity contribution in [2.45, 2.75) is 18.8 Å². The van der Waals surface area contributed by atoms with E-state index >= 15 is 0 Å². The number of allylic oxidation sites excluding steroid dienone is 1. The molecular formula is C13H12BrNO3. The fourth-order valence-electron chi connectivity index (χ4n) is 2.28. The molecule has 0 aliphatic heterocycles. The van der Waals surface area contributed by atoms with Crippen molar-refractivity contribution in [1.82, 2.24) is 0 Å². The molecule has 1 atom stereocenters. The number of fused-ring (bicyclic) bond motifs is 1. The summed E-state index contributed by atoms with van der Waals surface area (Å²) in [7, 11) is 0. The normalized spacial score (nSPS) is 22.3. The molecule has 0 bridgehead atoms. The summed E-state index contributed by atoms with van der Waals surface area (Å²) in [5.74, 6) is -0.0944. The molecule has 18 heavy (non-hydrogen) atoms. The average Bonchev–Trinajstić information content (AvgIpc) is 2.34. The first-order valence-corrected chi connectivity index (χ1v) is 6.38. The molecule has 94 valence electrons. The Morgan fingerprint density at radius 1 is 1.39 bits per heavy atom. The minimum atomic E-state index is -0.822. The Morgan fingerprint density at radius 2 is 2.06 bits per heavy atom. The van der Waals surface area contributed by atoms with Crippen molar-refractivity contribution in [1.29, 1.82) is 0 Å². The molecule has 0 amide bonds. The molecule has 0 radical (unpaired) electrons. The van der Waals surface area contributed by atoms with Crippen LogP contribution >= 0.6 is 15.9 Å². The third kappa shape index (κ3) is 2.10. The van der Waals surface area contributed by atoms with Gasteiger partial charge in [-0.05, 0) is 40.1 Å². The largest absolute Gasteiger partial charge is 0.293 e. The minimum absolute atomic E-state index is 0.0944. The molecule has 0 fully saturated rings. The predicted octanol–water partition coefficient (Wildman–Crippen LogP) is 2.93. The van der Waals surface area contributed by atoms with Gasteiger partial charge in [0.1, 0.15) is 0 Å². The van der Waals surface area contributed by atoms with Crippen LogP contribution in [0.15, 0.2) is 28.7 Å². The monoisotopic (exact) mass is 309 g/mol. The van der Waals surface area contributed by atoms with E-state index in [2.05, 4.69) is 15.9 Å². The number of hydrogen-bond acceptors (Lipinski definition) is 3. The van der Waals surface area contributed by atoms with Crippen molar-refractivity contribution in [2.75, 3.05) is 6.54 Å². The maximum Gasteiger partial charge on any atom is 0.205 e. The SMILES string of the molecule is C[C@]1(CC[N+](=O)[O-])C(=O)C(Br)=Cc2ccccc21. The fourth-order valence-corrected chi connectivity index (χ4v) is 2.96. The molecule has 1 aromatic carbocycles. The highest BCUT2D eigenvalue weighted by Gasteiger charge is 2.41. The summed E-state index contributed by atoms with van der Waals surface area (Å²) in [6.07, 6.45) is 1.98. The number of carbonyl (C=O) groups excluding carboxylic acids is 1. The molecule has 1 aromatic rings. The van der Waals surface area contributed by atoms with Gasteiger partial charge in [0, 0.05) is 11.3 Å². The molecule has 4 nitrogen and oxygen atoms in total. The van der Waals surface area contributed by atoms with Gasteiger partial charge < -0.3 is 0 Å². The fraction of sp³-hybridized carbons (Fsp3) is 0.308. The lowest BCUT2D eigenvalue weighted by Gasteiger charge is -2.31. The lowest BCUT2D eigenvalue weighted by Crippen LogP contribution is -2.37. The zero-order valence-electron chi connectivity index (χ0n) is 9.85. The number of ketones is 1. The van der Waals surface area contributed by atoms with Crippen LogP contribution in [0.2, 0.25) is 0 Å². The highest BCUT2D eigenvalue weighted by atomic mass is 79.9. The number of carbonyl (C=O) groups is 1. The number of halogens is 1. The summed E-state index contributed by atoms with van der Waals surface area (Å²) in [6, 6.07) is 7.51. The van der Waals surface area contributed by atoms with Crippen molar-refractivity contribution >= 4 is 27.8 Å². The van der Waals surface area contributed by atoms with Gasteiger partial charge in [-0.2, -0.15) is 0 Å². The van der Waals surface area contributed by atoms with Crippen LogP contribution in [0.1, 0.15) is 24.5 Å². The van der Waals surface area contributed by atoms with Crippen LogP contribution in [-0.4, -0.2) is 17.3 Å². The molecule has 0 saturated carbocycles. The molecule has 0 saturated heterocycles. The zero-order valence-corrected chi connectivity index (χ0v) is 11.4. The summed E-state index contributed by atoms with van der Waals surface area (Å²) in [5, 5.41) is 10.6. The molecule has 0 unspecified atom stereocenters. The smallest absolute Gasteiger partial charge is 0.205 e. The summed E-state index contributed by atoms with van der Waals surface area (Å²) in [4.78, 5) is 22.5. The molecule has 0 spiro atoms. The Hall–Kier alpha value is -1.49. The van der Waals surface area contributed by atoms with Gasteiger partial charge in [0.25, 0.3) is 0 Å². The molecule has 0 aromatic heterocycles. The van der Waals surface area contributed by atoms with Gasteiger partial charge in [-0.15, -0.1) is 0 Å².